The van der Waals surface area contributed by atoms with Gasteiger partial charge < -0.3 is 4.98 Å². The summed E-state index contributed by atoms with van der Waals surface area (Å²) in [6.07, 6.45) is 9.76. The van der Waals surface area contributed by atoms with Gasteiger partial charge in [-0.05, 0) is 13.3 Å². The van der Waals surface area contributed by atoms with Crippen molar-refractivity contribution in [3.63, 3.8) is 0 Å². The zero-order chi connectivity index (χ0) is 12.1. The Bertz CT molecular complexity index is 425. The summed E-state index contributed by atoms with van der Waals surface area (Å²) < 4.78 is 0. The summed E-state index contributed by atoms with van der Waals surface area (Å²) in [5, 5.41) is 3.49. The van der Waals surface area contributed by atoms with Crippen LogP contribution in [0.1, 0.15) is 43.9 Å². The van der Waals surface area contributed by atoms with Gasteiger partial charge in [-0.1, -0.05) is 6.92 Å². The lowest BCUT2D eigenvalue weighted by Crippen LogP contribution is -2.25. The van der Waals surface area contributed by atoms with E-state index in [1.54, 1.807) is 24.8 Å². The average Bonchev–Trinajstić information content (AvgIpc) is 2.90. The Morgan fingerprint density at radius 1 is 1.29 bits per heavy atom. The smallest absolute Gasteiger partial charge is 0.123 e. The zero-order valence-electron chi connectivity index (χ0n) is 10.1. The summed E-state index contributed by atoms with van der Waals surface area (Å²) >= 11 is 0. The predicted octanol–water partition coefficient (Wildman–Crippen LogP) is 2.00. The minimum Gasteiger partial charge on any atom is -0.347 e. The van der Waals surface area contributed by atoms with E-state index in [0.29, 0.717) is 0 Å². The van der Waals surface area contributed by atoms with E-state index < -0.39 is 0 Å². The van der Waals surface area contributed by atoms with Crippen LogP contribution in [0, 0.1) is 0 Å². The third kappa shape index (κ3) is 2.88. The number of hydrogen-bond acceptors (Lipinski definition) is 4. The number of hydrogen-bond donors (Lipinski definition) is 2. The molecule has 17 heavy (non-hydrogen) atoms. The van der Waals surface area contributed by atoms with Crippen molar-refractivity contribution in [2.24, 2.45) is 0 Å². The van der Waals surface area contributed by atoms with Gasteiger partial charge in [0.25, 0.3) is 0 Å². The molecule has 0 fully saturated rings. The van der Waals surface area contributed by atoms with E-state index in [2.05, 4.69) is 39.1 Å². The summed E-state index contributed by atoms with van der Waals surface area (Å²) in [6, 6.07) is 0.362. The van der Waals surface area contributed by atoms with Crippen molar-refractivity contribution in [1.29, 1.82) is 0 Å². The zero-order valence-corrected chi connectivity index (χ0v) is 10.1. The van der Waals surface area contributed by atoms with Crippen LogP contribution in [-0.4, -0.2) is 19.9 Å². The highest BCUT2D eigenvalue weighted by Gasteiger charge is 2.16. The largest absolute Gasteiger partial charge is 0.347 e. The first-order valence-corrected chi connectivity index (χ1v) is 5.82. The van der Waals surface area contributed by atoms with Gasteiger partial charge in [0.15, 0.2) is 0 Å². The molecule has 2 aromatic rings. The fourth-order valence-corrected chi connectivity index (χ4v) is 1.78. The van der Waals surface area contributed by atoms with Crippen molar-refractivity contribution in [3.05, 3.63) is 42.5 Å². The van der Waals surface area contributed by atoms with Crippen molar-refractivity contribution in [1.82, 2.24) is 25.3 Å². The normalized spacial score (nSPS) is 14.5. The Labute approximate surface area is 101 Å². The third-order valence-electron chi connectivity index (χ3n) is 2.74. The minimum atomic E-state index is 0.152. The van der Waals surface area contributed by atoms with Gasteiger partial charge in [0, 0.05) is 37.0 Å². The van der Waals surface area contributed by atoms with Gasteiger partial charge in [0.2, 0.25) is 0 Å². The highest BCUT2D eigenvalue weighted by Crippen LogP contribution is 2.17. The van der Waals surface area contributed by atoms with Crippen molar-refractivity contribution >= 4 is 0 Å². The molecule has 0 aliphatic heterocycles. The van der Waals surface area contributed by atoms with E-state index in [-0.39, 0.29) is 12.1 Å². The molecule has 0 aliphatic rings. The fourth-order valence-electron chi connectivity index (χ4n) is 1.78. The molecule has 2 unspecified atom stereocenters. The lowest BCUT2D eigenvalue weighted by molar-refractivity contribution is 0.435. The molecule has 0 amide bonds. The lowest BCUT2D eigenvalue weighted by Gasteiger charge is -2.20. The molecule has 0 aliphatic carbocycles. The first-order valence-electron chi connectivity index (χ1n) is 5.82. The van der Waals surface area contributed by atoms with Crippen molar-refractivity contribution in [2.45, 2.75) is 32.4 Å². The van der Waals surface area contributed by atoms with Crippen LogP contribution in [0.3, 0.4) is 0 Å². The number of imidazole rings is 1. The van der Waals surface area contributed by atoms with Gasteiger partial charge in [-0.15, -0.1) is 0 Å². The average molecular weight is 231 g/mol. The van der Waals surface area contributed by atoms with E-state index >= 15 is 0 Å². The number of rotatable bonds is 5. The van der Waals surface area contributed by atoms with Crippen LogP contribution < -0.4 is 5.32 Å². The molecule has 2 rings (SSSR count). The molecule has 0 saturated carbocycles. The van der Waals surface area contributed by atoms with Gasteiger partial charge in [-0.3, -0.25) is 15.3 Å². The SMILES string of the molecule is CCC(NC(C)c1cnccn1)c1ncc[nH]1. The summed E-state index contributed by atoms with van der Waals surface area (Å²) in [5.41, 5.74) is 0.942. The maximum absolute atomic E-state index is 4.29. The maximum atomic E-state index is 4.29. The summed E-state index contributed by atoms with van der Waals surface area (Å²) in [5.74, 6) is 0.961. The molecule has 5 nitrogen and oxygen atoms in total. The van der Waals surface area contributed by atoms with Crippen molar-refractivity contribution < 1.29 is 0 Å². The number of nitrogens with one attached hydrogen (secondary N) is 2. The van der Waals surface area contributed by atoms with Crippen LogP contribution >= 0.6 is 0 Å². The second kappa shape index (κ2) is 5.54. The second-order valence-corrected chi connectivity index (χ2v) is 3.95. The Morgan fingerprint density at radius 3 is 2.76 bits per heavy atom. The van der Waals surface area contributed by atoms with Crippen molar-refractivity contribution in [3.8, 4) is 0 Å². The molecule has 90 valence electrons. The van der Waals surface area contributed by atoms with Gasteiger partial charge in [0.1, 0.15) is 5.82 Å². The van der Waals surface area contributed by atoms with E-state index in [0.717, 1.165) is 17.9 Å². The number of nitrogens with zero attached hydrogens (tertiary/aromatic N) is 3. The van der Waals surface area contributed by atoms with E-state index in [1.807, 2.05) is 6.20 Å². The quantitative estimate of drug-likeness (QED) is 0.826. The molecule has 0 saturated heterocycles. The minimum absolute atomic E-state index is 0.152. The molecule has 0 bridgehead atoms. The number of aromatic nitrogens is 4. The van der Waals surface area contributed by atoms with Crippen molar-refractivity contribution in [2.75, 3.05) is 0 Å². The molecule has 2 heterocycles. The highest BCUT2D eigenvalue weighted by atomic mass is 15.0. The third-order valence-corrected chi connectivity index (χ3v) is 2.74. The molecule has 0 aromatic carbocycles. The molecular formula is C12H17N5. The van der Waals surface area contributed by atoms with Gasteiger partial charge in [0.05, 0.1) is 11.7 Å². The molecule has 5 heteroatoms. The number of H-pyrrole nitrogens is 1. The second-order valence-electron chi connectivity index (χ2n) is 3.95. The van der Waals surface area contributed by atoms with E-state index in [1.165, 1.54) is 0 Å². The van der Waals surface area contributed by atoms with Crippen LogP contribution in [0.25, 0.3) is 0 Å². The topological polar surface area (TPSA) is 66.5 Å². The van der Waals surface area contributed by atoms with E-state index in [9.17, 15) is 0 Å². The standard InChI is InChI=1S/C12H17N5/c1-3-10(12-15-6-7-16-12)17-9(2)11-8-13-4-5-14-11/h4-10,17H,3H2,1-2H3,(H,15,16). The van der Waals surface area contributed by atoms with Gasteiger partial charge in [-0.25, -0.2) is 4.98 Å². The maximum Gasteiger partial charge on any atom is 0.123 e. The summed E-state index contributed by atoms with van der Waals surface area (Å²) in [7, 11) is 0. The molecule has 0 radical (unpaired) electrons. The number of aromatic amines is 1. The Kier molecular flexibility index (Phi) is 3.82. The fraction of sp³-hybridized carbons (Fsp3) is 0.417. The monoisotopic (exact) mass is 231 g/mol. The van der Waals surface area contributed by atoms with Crippen LogP contribution in [0.5, 0.6) is 0 Å². The predicted molar refractivity (Wildman–Crippen MR) is 65.2 cm³/mol. The molecule has 0 spiro atoms. The Balaban J connectivity index is 2.05. The molecule has 2 N–H and O–H groups in total. The summed E-state index contributed by atoms with van der Waals surface area (Å²) in [4.78, 5) is 15.8. The van der Waals surface area contributed by atoms with Crippen LogP contribution in [0.15, 0.2) is 31.0 Å². The molecule has 2 aromatic heterocycles. The summed E-state index contributed by atoms with van der Waals surface area (Å²) in [6.45, 7) is 4.21. The first kappa shape index (κ1) is 11.7. The first-order chi connectivity index (χ1) is 8.31. The van der Waals surface area contributed by atoms with Crippen LogP contribution in [0.4, 0.5) is 0 Å². The highest BCUT2D eigenvalue weighted by molar-refractivity contribution is 5.03. The molecule has 2 atom stereocenters. The Hall–Kier alpha value is -1.75. The van der Waals surface area contributed by atoms with Gasteiger partial charge in [-0.2, -0.15) is 0 Å². The lowest BCUT2D eigenvalue weighted by atomic mass is 10.1. The Morgan fingerprint density at radius 2 is 2.18 bits per heavy atom. The van der Waals surface area contributed by atoms with Crippen LogP contribution in [0.2, 0.25) is 0 Å². The van der Waals surface area contributed by atoms with E-state index in [4.69, 9.17) is 0 Å². The van der Waals surface area contributed by atoms with Gasteiger partial charge >= 0.3 is 0 Å². The van der Waals surface area contributed by atoms with Crippen LogP contribution in [-0.2, 0) is 0 Å². The molecular weight excluding hydrogens is 214 g/mol.